The minimum atomic E-state index is 0.714. The molecule has 2 aromatic heterocycles. The average Bonchev–Trinajstić information content (AvgIpc) is 3.03. The number of methoxy groups -OCH3 is 1. The van der Waals surface area contributed by atoms with Crippen LogP contribution in [0, 0.1) is 0 Å². The van der Waals surface area contributed by atoms with E-state index in [2.05, 4.69) is 20.2 Å². The first-order valence-electron chi connectivity index (χ1n) is 6.45. The lowest BCUT2D eigenvalue weighted by Crippen LogP contribution is -1.85. The lowest BCUT2D eigenvalue weighted by atomic mass is 10.2. The van der Waals surface area contributed by atoms with Gasteiger partial charge in [0.25, 0.3) is 0 Å². The van der Waals surface area contributed by atoms with Crippen molar-refractivity contribution in [3.8, 4) is 17.1 Å². The van der Waals surface area contributed by atoms with Crippen LogP contribution in [0.2, 0.25) is 0 Å². The van der Waals surface area contributed by atoms with Crippen molar-refractivity contribution < 1.29 is 4.74 Å². The quantitative estimate of drug-likeness (QED) is 0.733. The monoisotopic (exact) mass is 298 g/mol. The Labute approximate surface area is 126 Å². The smallest absolute Gasteiger partial charge is 0.209 e. The number of H-pyrrole nitrogens is 1. The topological polar surface area (TPSA) is 63.7 Å². The molecule has 1 aromatic carbocycles. The fourth-order valence-electron chi connectivity index (χ4n) is 1.81. The van der Waals surface area contributed by atoms with Gasteiger partial charge in [0, 0.05) is 17.5 Å². The lowest BCUT2D eigenvalue weighted by molar-refractivity contribution is 0.415. The number of aromatic amines is 1. The molecule has 21 heavy (non-hydrogen) atoms. The van der Waals surface area contributed by atoms with Crippen LogP contribution in [0.25, 0.3) is 11.4 Å². The minimum Gasteiger partial charge on any atom is -0.497 e. The number of benzene rings is 1. The Hall–Kier alpha value is -2.34. The van der Waals surface area contributed by atoms with Gasteiger partial charge >= 0.3 is 0 Å². The van der Waals surface area contributed by atoms with E-state index in [0.717, 1.165) is 28.6 Å². The van der Waals surface area contributed by atoms with Gasteiger partial charge in [-0.3, -0.25) is 10.1 Å². The zero-order valence-electron chi connectivity index (χ0n) is 11.5. The van der Waals surface area contributed by atoms with Crippen LogP contribution in [0.15, 0.2) is 53.8 Å². The number of hydrogen-bond acceptors (Lipinski definition) is 5. The first-order chi connectivity index (χ1) is 10.3. The minimum absolute atomic E-state index is 0.714. The molecule has 2 heterocycles. The Morgan fingerprint density at radius 3 is 2.71 bits per heavy atom. The summed E-state index contributed by atoms with van der Waals surface area (Å²) in [5, 5.41) is 7.88. The molecular formula is C15H14N4OS. The second-order valence-corrected chi connectivity index (χ2v) is 5.25. The van der Waals surface area contributed by atoms with Gasteiger partial charge in [-0.2, -0.15) is 0 Å². The maximum atomic E-state index is 5.14. The molecule has 3 aromatic rings. The fourth-order valence-corrected chi connectivity index (χ4v) is 2.52. The van der Waals surface area contributed by atoms with E-state index < -0.39 is 0 Å². The zero-order valence-corrected chi connectivity index (χ0v) is 12.3. The summed E-state index contributed by atoms with van der Waals surface area (Å²) in [7, 11) is 1.65. The summed E-state index contributed by atoms with van der Waals surface area (Å²) in [5.74, 6) is 2.32. The van der Waals surface area contributed by atoms with E-state index in [0.29, 0.717) is 5.16 Å². The van der Waals surface area contributed by atoms with Crippen LogP contribution in [0.4, 0.5) is 0 Å². The van der Waals surface area contributed by atoms with Gasteiger partial charge in [-0.25, -0.2) is 4.98 Å². The molecule has 106 valence electrons. The van der Waals surface area contributed by atoms with Crippen LogP contribution in [-0.4, -0.2) is 27.3 Å². The first kappa shape index (κ1) is 13.6. The molecule has 0 aliphatic rings. The largest absolute Gasteiger partial charge is 0.497 e. The SMILES string of the molecule is COc1ccc(-c2nc(SCc3ccccn3)n[nH]2)cc1. The Kier molecular flexibility index (Phi) is 4.16. The zero-order chi connectivity index (χ0) is 14.5. The number of pyridine rings is 1. The Bertz CT molecular complexity index is 697. The number of thioether (sulfide) groups is 1. The highest BCUT2D eigenvalue weighted by molar-refractivity contribution is 7.98. The maximum Gasteiger partial charge on any atom is 0.209 e. The number of nitrogens with zero attached hydrogens (tertiary/aromatic N) is 3. The van der Waals surface area contributed by atoms with Gasteiger partial charge < -0.3 is 4.74 Å². The molecule has 6 heteroatoms. The summed E-state index contributed by atoms with van der Waals surface area (Å²) in [6, 6.07) is 13.6. The molecule has 0 aliphatic heterocycles. The van der Waals surface area contributed by atoms with Crippen LogP contribution < -0.4 is 4.74 Å². The van der Waals surface area contributed by atoms with Crippen LogP contribution in [0.3, 0.4) is 0 Å². The highest BCUT2D eigenvalue weighted by Crippen LogP contribution is 2.23. The Morgan fingerprint density at radius 2 is 2.00 bits per heavy atom. The summed E-state index contributed by atoms with van der Waals surface area (Å²) in [4.78, 5) is 8.76. The first-order valence-corrected chi connectivity index (χ1v) is 7.43. The van der Waals surface area contributed by atoms with Crippen molar-refractivity contribution in [1.82, 2.24) is 20.2 Å². The molecule has 0 radical (unpaired) electrons. The van der Waals surface area contributed by atoms with E-state index in [1.807, 2.05) is 42.5 Å². The summed E-state index contributed by atoms with van der Waals surface area (Å²) in [5.41, 5.74) is 1.99. The lowest BCUT2D eigenvalue weighted by Gasteiger charge is -1.99. The van der Waals surface area contributed by atoms with Crippen molar-refractivity contribution in [2.75, 3.05) is 7.11 Å². The van der Waals surface area contributed by atoms with Crippen molar-refractivity contribution in [3.05, 3.63) is 54.4 Å². The van der Waals surface area contributed by atoms with Crippen molar-refractivity contribution in [2.24, 2.45) is 0 Å². The third-order valence-electron chi connectivity index (χ3n) is 2.90. The summed E-state index contributed by atoms with van der Waals surface area (Å²) < 4.78 is 5.14. The molecule has 0 amide bonds. The van der Waals surface area contributed by atoms with Gasteiger partial charge in [0.2, 0.25) is 5.16 Å². The molecule has 1 N–H and O–H groups in total. The molecule has 0 saturated heterocycles. The summed E-state index contributed by atoms with van der Waals surface area (Å²) in [6.45, 7) is 0. The molecule has 0 atom stereocenters. The number of aromatic nitrogens is 4. The molecule has 0 saturated carbocycles. The second kappa shape index (κ2) is 6.41. The summed E-state index contributed by atoms with van der Waals surface area (Å²) in [6.07, 6.45) is 1.79. The Morgan fingerprint density at radius 1 is 1.14 bits per heavy atom. The molecule has 0 unspecified atom stereocenters. The van der Waals surface area contributed by atoms with Crippen LogP contribution in [-0.2, 0) is 5.75 Å². The van der Waals surface area contributed by atoms with E-state index in [1.165, 1.54) is 0 Å². The fraction of sp³-hybridized carbons (Fsp3) is 0.133. The van der Waals surface area contributed by atoms with Gasteiger partial charge in [-0.15, -0.1) is 5.10 Å². The predicted molar refractivity (Wildman–Crippen MR) is 82.2 cm³/mol. The number of nitrogens with one attached hydrogen (secondary N) is 1. The van der Waals surface area contributed by atoms with Crippen LogP contribution in [0.5, 0.6) is 5.75 Å². The number of rotatable bonds is 5. The van der Waals surface area contributed by atoms with E-state index >= 15 is 0 Å². The van der Waals surface area contributed by atoms with E-state index in [9.17, 15) is 0 Å². The highest BCUT2D eigenvalue weighted by Gasteiger charge is 2.07. The van der Waals surface area contributed by atoms with Crippen molar-refractivity contribution >= 4 is 11.8 Å². The molecule has 5 nitrogen and oxygen atoms in total. The van der Waals surface area contributed by atoms with Gasteiger partial charge in [0.05, 0.1) is 12.8 Å². The second-order valence-electron chi connectivity index (χ2n) is 4.30. The third-order valence-corrected chi connectivity index (χ3v) is 3.78. The van der Waals surface area contributed by atoms with Gasteiger partial charge in [-0.05, 0) is 36.4 Å². The van der Waals surface area contributed by atoms with E-state index in [-0.39, 0.29) is 0 Å². The van der Waals surface area contributed by atoms with Gasteiger partial charge in [0.15, 0.2) is 5.82 Å². The van der Waals surface area contributed by atoms with Gasteiger partial charge in [-0.1, -0.05) is 17.8 Å². The predicted octanol–water partition coefficient (Wildman–Crippen LogP) is 3.17. The van der Waals surface area contributed by atoms with Crippen molar-refractivity contribution in [2.45, 2.75) is 10.9 Å². The Balaban J connectivity index is 1.68. The van der Waals surface area contributed by atoms with Crippen molar-refractivity contribution in [3.63, 3.8) is 0 Å². The average molecular weight is 298 g/mol. The number of ether oxygens (including phenoxy) is 1. The van der Waals surface area contributed by atoms with Crippen LogP contribution in [0.1, 0.15) is 5.69 Å². The van der Waals surface area contributed by atoms with E-state index in [4.69, 9.17) is 4.74 Å². The molecular weight excluding hydrogens is 284 g/mol. The molecule has 0 spiro atoms. The number of hydrogen-bond donors (Lipinski definition) is 1. The molecule has 0 bridgehead atoms. The summed E-state index contributed by atoms with van der Waals surface area (Å²) >= 11 is 1.56. The molecule has 0 aliphatic carbocycles. The van der Waals surface area contributed by atoms with Crippen molar-refractivity contribution in [1.29, 1.82) is 0 Å². The normalized spacial score (nSPS) is 10.5. The highest BCUT2D eigenvalue weighted by atomic mass is 32.2. The third kappa shape index (κ3) is 3.41. The molecule has 3 rings (SSSR count). The molecule has 0 fully saturated rings. The maximum absolute atomic E-state index is 5.14. The van der Waals surface area contributed by atoms with Gasteiger partial charge in [0.1, 0.15) is 5.75 Å². The van der Waals surface area contributed by atoms with E-state index in [1.54, 1.807) is 25.1 Å². The standard InChI is InChI=1S/C15H14N4OS/c1-20-13-7-5-11(6-8-13)14-17-15(19-18-14)21-10-12-4-2-3-9-16-12/h2-9H,10H2,1H3,(H,17,18,19). The van der Waals surface area contributed by atoms with Crippen LogP contribution >= 0.6 is 11.8 Å².